The Balaban J connectivity index is 1.48. The van der Waals surface area contributed by atoms with Crippen LogP contribution in [-0.2, 0) is 16.0 Å². The number of piperidine rings is 1. The van der Waals surface area contributed by atoms with Crippen molar-refractivity contribution in [2.24, 2.45) is 5.92 Å². The molecule has 1 aliphatic rings. The first-order valence-electron chi connectivity index (χ1n) is 10.3. The zero-order valence-corrected chi connectivity index (χ0v) is 17.3. The third-order valence-corrected chi connectivity index (χ3v) is 5.65. The van der Waals surface area contributed by atoms with Gasteiger partial charge in [0.15, 0.2) is 0 Å². The molecule has 0 bridgehead atoms. The predicted octanol–water partition coefficient (Wildman–Crippen LogP) is 3.92. The maximum absolute atomic E-state index is 12.7. The number of methoxy groups -OCH3 is 1. The van der Waals surface area contributed by atoms with Crippen molar-refractivity contribution in [2.45, 2.75) is 32.6 Å². The van der Waals surface area contributed by atoms with Gasteiger partial charge in [-0.15, -0.1) is 0 Å². The highest BCUT2D eigenvalue weighted by atomic mass is 16.5. The average Bonchev–Trinajstić information content (AvgIpc) is 2.75. The number of benzene rings is 2. The second-order valence-electron chi connectivity index (χ2n) is 7.63. The van der Waals surface area contributed by atoms with Crippen molar-refractivity contribution in [1.29, 1.82) is 0 Å². The molecule has 1 aliphatic heterocycles. The van der Waals surface area contributed by atoms with Gasteiger partial charge in [-0.3, -0.25) is 9.59 Å². The Hall–Kier alpha value is -2.82. The zero-order chi connectivity index (χ0) is 20.6. The van der Waals surface area contributed by atoms with Gasteiger partial charge in [0.25, 0.3) is 0 Å². The van der Waals surface area contributed by atoms with Crippen molar-refractivity contribution in [1.82, 2.24) is 4.90 Å². The maximum Gasteiger partial charge on any atom is 0.224 e. The molecule has 154 valence electrons. The summed E-state index contributed by atoms with van der Waals surface area (Å²) in [6.45, 7) is 3.53. The number of amides is 2. The molecule has 1 saturated heterocycles. The molecule has 2 aromatic rings. The topological polar surface area (TPSA) is 49.9 Å². The highest BCUT2D eigenvalue weighted by Crippen LogP contribution is 2.23. The molecule has 0 unspecified atom stereocenters. The molecule has 1 fully saturated rings. The molecule has 0 saturated carbocycles. The van der Waals surface area contributed by atoms with E-state index in [0.29, 0.717) is 18.9 Å². The number of rotatable bonds is 7. The van der Waals surface area contributed by atoms with Crippen molar-refractivity contribution in [3.05, 3.63) is 60.2 Å². The quantitative estimate of drug-likeness (QED) is 0.715. The third kappa shape index (κ3) is 5.83. The van der Waals surface area contributed by atoms with E-state index in [1.54, 1.807) is 12.0 Å². The Kier molecular flexibility index (Phi) is 7.28. The van der Waals surface area contributed by atoms with E-state index in [9.17, 15) is 9.59 Å². The van der Waals surface area contributed by atoms with E-state index in [1.807, 2.05) is 35.2 Å². The van der Waals surface area contributed by atoms with E-state index in [4.69, 9.17) is 4.74 Å². The van der Waals surface area contributed by atoms with E-state index in [0.717, 1.165) is 43.8 Å². The van der Waals surface area contributed by atoms with Gasteiger partial charge in [-0.1, -0.05) is 30.3 Å². The molecule has 0 radical (unpaired) electrons. The van der Waals surface area contributed by atoms with Gasteiger partial charge in [0.2, 0.25) is 11.8 Å². The highest BCUT2D eigenvalue weighted by molar-refractivity contribution is 5.92. The van der Waals surface area contributed by atoms with Crippen LogP contribution in [0.3, 0.4) is 0 Å². The first-order chi connectivity index (χ1) is 14.1. The molecule has 2 amide bonds. The van der Waals surface area contributed by atoms with Gasteiger partial charge in [0.1, 0.15) is 5.75 Å². The van der Waals surface area contributed by atoms with Crippen LogP contribution in [-0.4, -0.2) is 43.5 Å². The minimum absolute atomic E-state index is 0.0652. The maximum atomic E-state index is 12.7. The van der Waals surface area contributed by atoms with Crippen molar-refractivity contribution < 1.29 is 14.3 Å². The summed E-state index contributed by atoms with van der Waals surface area (Å²) in [5, 5.41) is 0. The molecule has 29 heavy (non-hydrogen) atoms. The Morgan fingerprint density at radius 1 is 1.03 bits per heavy atom. The lowest BCUT2D eigenvalue weighted by atomic mass is 9.90. The van der Waals surface area contributed by atoms with Crippen LogP contribution >= 0.6 is 0 Å². The zero-order valence-electron chi connectivity index (χ0n) is 17.3. The molecule has 0 atom stereocenters. The fourth-order valence-corrected chi connectivity index (χ4v) is 3.93. The summed E-state index contributed by atoms with van der Waals surface area (Å²) in [6.07, 6.45) is 3.50. The number of hydrogen-bond acceptors (Lipinski definition) is 3. The van der Waals surface area contributed by atoms with Gasteiger partial charge in [0, 0.05) is 38.7 Å². The highest BCUT2D eigenvalue weighted by Gasteiger charge is 2.23. The van der Waals surface area contributed by atoms with Crippen LogP contribution in [0.15, 0.2) is 54.6 Å². The Labute approximate surface area is 173 Å². The summed E-state index contributed by atoms with van der Waals surface area (Å²) in [5.41, 5.74) is 2.15. The van der Waals surface area contributed by atoms with Gasteiger partial charge in [0.05, 0.1) is 7.11 Å². The first-order valence-corrected chi connectivity index (χ1v) is 10.3. The standard InChI is InChI=1S/C24H30N2O3/c1-19(27)26(22-8-10-23(29-2)11-9-22)17-14-24(28)25-15-12-21(13-16-25)18-20-6-4-3-5-7-20/h3-11,21H,12-18H2,1-2H3. The lowest BCUT2D eigenvalue weighted by Gasteiger charge is -2.33. The minimum Gasteiger partial charge on any atom is -0.497 e. The first kappa shape index (κ1) is 20.9. The van der Waals surface area contributed by atoms with E-state index in [-0.39, 0.29) is 11.8 Å². The number of carbonyl (C=O) groups excluding carboxylic acids is 2. The Morgan fingerprint density at radius 3 is 2.28 bits per heavy atom. The van der Waals surface area contributed by atoms with E-state index in [2.05, 4.69) is 24.3 Å². The number of carbonyl (C=O) groups is 2. The largest absolute Gasteiger partial charge is 0.497 e. The van der Waals surface area contributed by atoms with Crippen molar-refractivity contribution in [2.75, 3.05) is 31.6 Å². The third-order valence-electron chi connectivity index (χ3n) is 5.65. The van der Waals surface area contributed by atoms with Crippen LogP contribution in [0.1, 0.15) is 31.7 Å². The molecular weight excluding hydrogens is 364 g/mol. The van der Waals surface area contributed by atoms with Crippen LogP contribution in [0.2, 0.25) is 0 Å². The lowest BCUT2D eigenvalue weighted by Crippen LogP contribution is -2.41. The summed E-state index contributed by atoms with van der Waals surface area (Å²) in [7, 11) is 1.61. The van der Waals surface area contributed by atoms with E-state index < -0.39 is 0 Å². The number of nitrogens with zero attached hydrogens (tertiary/aromatic N) is 2. The van der Waals surface area contributed by atoms with Crippen LogP contribution in [0.4, 0.5) is 5.69 Å². The van der Waals surface area contributed by atoms with Gasteiger partial charge < -0.3 is 14.5 Å². The SMILES string of the molecule is COc1ccc(N(CCC(=O)N2CCC(Cc3ccccc3)CC2)C(C)=O)cc1. The van der Waals surface area contributed by atoms with Crippen LogP contribution in [0.5, 0.6) is 5.75 Å². The van der Waals surface area contributed by atoms with Crippen molar-refractivity contribution in [3.63, 3.8) is 0 Å². The molecule has 5 nitrogen and oxygen atoms in total. The van der Waals surface area contributed by atoms with Gasteiger partial charge in [-0.05, 0) is 55.0 Å². The molecule has 0 spiro atoms. The van der Waals surface area contributed by atoms with Crippen LogP contribution < -0.4 is 9.64 Å². The van der Waals surface area contributed by atoms with Gasteiger partial charge >= 0.3 is 0 Å². The minimum atomic E-state index is -0.0652. The normalized spacial score (nSPS) is 14.5. The second-order valence-corrected chi connectivity index (χ2v) is 7.63. The molecule has 2 aromatic carbocycles. The summed E-state index contributed by atoms with van der Waals surface area (Å²) < 4.78 is 5.17. The van der Waals surface area contributed by atoms with Crippen LogP contribution in [0.25, 0.3) is 0 Å². The molecule has 5 heteroatoms. The fourth-order valence-electron chi connectivity index (χ4n) is 3.93. The number of hydrogen-bond donors (Lipinski definition) is 0. The fraction of sp³-hybridized carbons (Fsp3) is 0.417. The predicted molar refractivity (Wildman–Crippen MR) is 115 cm³/mol. The summed E-state index contributed by atoms with van der Waals surface area (Å²) >= 11 is 0. The van der Waals surface area contributed by atoms with E-state index >= 15 is 0 Å². The summed E-state index contributed by atoms with van der Waals surface area (Å²) in [4.78, 5) is 28.4. The molecule has 0 aliphatic carbocycles. The number of likely N-dealkylation sites (tertiary alicyclic amines) is 1. The Bertz CT molecular complexity index is 797. The van der Waals surface area contributed by atoms with Gasteiger partial charge in [-0.25, -0.2) is 0 Å². The van der Waals surface area contributed by atoms with Crippen molar-refractivity contribution >= 4 is 17.5 Å². The number of ether oxygens (including phenoxy) is 1. The summed E-state index contributed by atoms with van der Waals surface area (Å²) in [6, 6.07) is 17.9. The van der Waals surface area contributed by atoms with Crippen molar-refractivity contribution in [3.8, 4) is 5.75 Å². The smallest absolute Gasteiger partial charge is 0.224 e. The average molecular weight is 395 g/mol. The molecular formula is C24H30N2O3. The van der Waals surface area contributed by atoms with E-state index in [1.165, 1.54) is 12.5 Å². The number of anilines is 1. The molecule has 0 N–H and O–H groups in total. The van der Waals surface area contributed by atoms with Gasteiger partial charge in [-0.2, -0.15) is 0 Å². The Morgan fingerprint density at radius 2 is 1.69 bits per heavy atom. The molecule has 0 aromatic heterocycles. The monoisotopic (exact) mass is 394 g/mol. The van der Waals surface area contributed by atoms with Crippen LogP contribution in [0, 0.1) is 5.92 Å². The molecule has 3 rings (SSSR count). The molecule has 1 heterocycles. The summed E-state index contributed by atoms with van der Waals surface area (Å²) in [5.74, 6) is 1.44. The lowest BCUT2D eigenvalue weighted by molar-refractivity contribution is -0.132. The second kappa shape index (κ2) is 10.1.